The molecular formula is C46H58F3N3O9. The van der Waals surface area contributed by atoms with Crippen molar-refractivity contribution in [2.75, 3.05) is 18.5 Å². The van der Waals surface area contributed by atoms with Gasteiger partial charge in [-0.2, -0.15) is 13.2 Å². The van der Waals surface area contributed by atoms with Gasteiger partial charge >= 0.3 is 12.2 Å². The predicted molar refractivity (Wildman–Crippen MR) is 220 cm³/mol. The second-order valence-corrected chi connectivity index (χ2v) is 15.9. The van der Waals surface area contributed by atoms with Crippen molar-refractivity contribution >= 4 is 23.4 Å². The van der Waals surface area contributed by atoms with E-state index in [-0.39, 0.29) is 36.8 Å². The van der Waals surface area contributed by atoms with Gasteiger partial charge in [-0.25, -0.2) is 4.79 Å². The maximum absolute atomic E-state index is 14.4. The Hall–Kier alpha value is -4.38. The first-order valence-corrected chi connectivity index (χ1v) is 21.5. The second-order valence-electron chi connectivity index (χ2n) is 15.9. The van der Waals surface area contributed by atoms with E-state index in [4.69, 9.17) is 23.7 Å². The summed E-state index contributed by atoms with van der Waals surface area (Å²) in [6.45, 7) is 3.92. The molecule has 61 heavy (non-hydrogen) atoms. The summed E-state index contributed by atoms with van der Waals surface area (Å²) in [5.41, 5.74) is -0.0397. The molecule has 0 spiro atoms. The lowest BCUT2D eigenvalue weighted by atomic mass is 9.84. The van der Waals surface area contributed by atoms with E-state index >= 15 is 0 Å². The molecule has 12 nitrogen and oxygen atoms in total. The van der Waals surface area contributed by atoms with Crippen molar-refractivity contribution in [3.63, 3.8) is 0 Å². The molecule has 0 aromatic heterocycles. The van der Waals surface area contributed by atoms with E-state index in [1.807, 2.05) is 37.3 Å². The lowest BCUT2D eigenvalue weighted by molar-refractivity contribution is -0.356. The topological polar surface area (TPSA) is 154 Å². The Kier molecular flexibility index (Phi) is 16.7. The number of rotatable bonds is 18. The third-order valence-corrected chi connectivity index (χ3v) is 11.5. The standard InChI is InChI=1S/C46H58F3N3O9/c1-3-5-6-7-8-9-10-17-25-36(53)52-38-34(4-2)57-27-33(51-45(56)50-32-24-18-23-31(26-32)46(47,48)49)41(38)60-44-37(39(54)29-19-13-11-14-20-29)40(55)42-35(59-44)28-58-43(61-42)30-21-15-12-16-22-30/h11-16,18-24,26,33-35,37-38,40-44,55H,3-10,17,25,27-28H2,1-2H3,(H,52,53)(H2,50,51,56)/t33?,34?,35?,37?,38-,40+,41+,42-,43?,44+/m0/s1. The maximum Gasteiger partial charge on any atom is 0.416 e. The SMILES string of the molecule is CCCCCCCCCCC(=O)N[C@H]1C(CC)OCC(NC(=O)Nc2cccc(C(F)(F)F)c2)[C@H]1O[C@H]1OC2COC(c3ccccc3)O[C@@H]2[C@H](O)C1C(=O)c1ccccc1. The number of fused-ring (bicyclic) bond motifs is 1. The molecule has 3 aromatic carbocycles. The fourth-order valence-electron chi connectivity index (χ4n) is 8.24. The van der Waals surface area contributed by atoms with Crippen LogP contribution < -0.4 is 16.0 Å². The van der Waals surface area contributed by atoms with Crippen LogP contribution in [0.5, 0.6) is 0 Å². The number of benzene rings is 3. The minimum Gasteiger partial charge on any atom is -0.389 e. The van der Waals surface area contributed by atoms with Crippen LogP contribution in [-0.4, -0.2) is 84.9 Å². The molecule has 4 N–H and O–H groups in total. The molecule has 15 heteroatoms. The molecule has 5 unspecified atom stereocenters. The number of nitrogens with one attached hydrogen (secondary N) is 3. The molecule has 10 atom stereocenters. The summed E-state index contributed by atoms with van der Waals surface area (Å²) in [7, 11) is 0. The van der Waals surface area contributed by atoms with Crippen LogP contribution in [0.1, 0.15) is 106 Å². The Bertz CT molecular complexity index is 1860. The fourth-order valence-corrected chi connectivity index (χ4v) is 8.24. The number of ketones is 1. The van der Waals surface area contributed by atoms with Gasteiger partial charge in [-0.1, -0.05) is 126 Å². The number of alkyl halides is 3. The van der Waals surface area contributed by atoms with Crippen LogP contribution in [-0.2, 0) is 34.7 Å². The van der Waals surface area contributed by atoms with Crippen LogP contribution >= 0.6 is 0 Å². The van der Waals surface area contributed by atoms with Crippen LogP contribution in [0.4, 0.5) is 23.7 Å². The number of aliphatic hydroxyl groups is 1. The highest BCUT2D eigenvalue weighted by Gasteiger charge is 2.55. The van der Waals surface area contributed by atoms with Gasteiger partial charge in [0, 0.05) is 23.2 Å². The summed E-state index contributed by atoms with van der Waals surface area (Å²) in [4.78, 5) is 41.6. The normalized spacial score (nSPS) is 27.7. The van der Waals surface area contributed by atoms with Gasteiger partial charge < -0.3 is 44.7 Å². The lowest BCUT2D eigenvalue weighted by Crippen LogP contribution is -2.68. The summed E-state index contributed by atoms with van der Waals surface area (Å²) in [5, 5.41) is 20.4. The van der Waals surface area contributed by atoms with Crippen LogP contribution in [0.2, 0.25) is 0 Å². The number of carbonyl (C=O) groups is 3. The first-order valence-electron chi connectivity index (χ1n) is 21.5. The molecule has 0 aliphatic carbocycles. The minimum atomic E-state index is -4.63. The molecule has 3 amide bonds. The molecule has 3 heterocycles. The van der Waals surface area contributed by atoms with E-state index in [2.05, 4.69) is 22.9 Å². The maximum atomic E-state index is 14.4. The number of halogens is 3. The molecule has 332 valence electrons. The van der Waals surface area contributed by atoms with Gasteiger partial charge in [0.15, 0.2) is 18.4 Å². The van der Waals surface area contributed by atoms with Gasteiger partial charge in [0.2, 0.25) is 5.91 Å². The average molecular weight is 854 g/mol. The van der Waals surface area contributed by atoms with Gasteiger partial charge in [-0.05, 0) is 31.0 Å². The molecule has 3 aromatic rings. The molecular weight excluding hydrogens is 796 g/mol. The Balaban J connectivity index is 1.26. The fraction of sp³-hybridized carbons (Fsp3) is 0.543. The third-order valence-electron chi connectivity index (χ3n) is 11.5. The first-order chi connectivity index (χ1) is 29.5. The highest BCUT2D eigenvalue weighted by molar-refractivity contribution is 5.98. The number of amides is 3. The number of Topliss-reactive ketones (excluding diaryl/α,β-unsaturated/α-hetero) is 1. The summed E-state index contributed by atoms with van der Waals surface area (Å²) >= 11 is 0. The number of ether oxygens (including phenoxy) is 5. The van der Waals surface area contributed by atoms with Crippen LogP contribution in [0.25, 0.3) is 0 Å². The van der Waals surface area contributed by atoms with Crippen LogP contribution in [0, 0.1) is 5.92 Å². The Labute approximate surface area is 355 Å². The van der Waals surface area contributed by atoms with Crippen molar-refractivity contribution in [1.29, 1.82) is 0 Å². The zero-order valence-electron chi connectivity index (χ0n) is 34.7. The van der Waals surface area contributed by atoms with E-state index in [0.717, 1.165) is 37.8 Å². The summed E-state index contributed by atoms with van der Waals surface area (Å²) in [6.07, 6.45) is -2.90. The number of hydrogen-bond acceptors (Lipinski definition) is 9. The van der Waals surface area contributed by atoms with Crippen LogP contribution in [0.3, 0.4) is 0 Å². The van der Waals surface area contributed by atoms with Crippen molar-refractivity contribution < 1.29 is 56.3 Å². The number of unbranched alkanes of at least 4 members (excludes halogenated alkanes) is 7. The first kappa shape index (κ1) is 46.1. The molecule has 3 saturated heterocycles. The Morgan fingerprint density at radius 1 is 0.803 bits per heavy atom. The quantitative estimate of drug-likeness (QED) is 0.0735. The highest BCUT2D eigenvalue weighted by atomic mass is 19.4. The smallest absolute Gasteiger partial charge is 0.389 e. The van der Waals surface area contributed by atoms with Crippen molar-refractivity contribution in [3.05, 3.63) is 102 Å². The summed E-state index contributed by atoms with van der Waals surface area (Å²) in [6, 6.07) is 19.0. The molecule has 6 rings (SSSR count). The van der Waals surface area contributed by atoms with Crippen LogP contribution in [0.15, 0.2) is 84.9 Å². The lowest BCUT2D eigenvalue weighted by Gasteiger charge is -2.50. The van der Waals surface area contributed by atoms with Gasteiger partial charge in [0.1, 0.15) is 24.2 Å². The summed E-state index contributed by atoms with van der Waals surface area (Å²) in [5.74, 6) is -2.08. The van der Waals surface area contributed by atoms with Gasteiger partial charge in [0.25, 0.3) is 0 Å². The van der Waals surface area contributed by atoms with Crippen molar-refractivity contribution in [2.45, 2.75) is 139 Å². The monoisotopic (exact) mass is 853 g/mol. The zero-order chi connectivity index (χ0) is 43.4. The molecule has 0 saturated carbocycles. The highest BCUT2D eigenvalue weighted by Crippen LogP contribution is 2.39. The van der Waals surface area contributed by atoms with E-state index in [9.17, 15) is 32.7 Å². The van der Waals surface area contributed by atoms with E-state index in [1.54, 1.807) is 30.3 Å². The molecule has 3 aliphatic rings. The van der Waals surface area contributed by atoms with E-state index in [0.29, 0.717) is 18.4 Å². The minimum absolute atomic E-state index is 0.0153. The number of aliphatic hydroxyl groups excluding tert-OH is 1. The largest absolute Gasteiger partial charge is 0.416 e. The number of anilines is 1. The Morgan fingerprint density at radius 2 is 1.49 bits per heavy atom. The van der Waals surface area contributed by atoms with Crippen molar-refractivity contribution in [1.82, 2.24) is 10.6 Å². The molecule has 3 aliphatic heterocycles. The third kappa shape index (κ3) is 12.4. The van der Waals surface area contributed by atoms with Gasteiger partial charge in [-0.3, -0.25) is 9.59 Å². The zero-order valence-corrected chi connectivity index (χ0v) is 34.7. The Morgan fingerprint density at radius 3 is 2.18 bits per heavy atom. The molecule has 3 fully saturated rings. The average Bonchev–Trinajstić information content (AvgIpc) is 3.26. The molecule has 0 bridgehead atoms. The number of hydrogen-bond donors (Lipinski definition) is 4. The van der Waals surface area contributed by atoms with Crippen molar-refractivity contribution in [3.8, 4) is 0 Å². The van der Waals surface area contributed by atoms with Gasteiger partial charge in [0.05, 0.1) is 43.1 Å². The predicted octanol–water partition coefficient (Wildman–Crippen LogP) is 8.10. The summed E-state index contributed by atoms with van der Waals surface area (Å²) < 4.78 is 72.3. The van der Waals surface area contributed by atoms with Crippen molar-refractivity contribution in [2.24, 2.45) is 5.92 Å². The van der Waals surface area contributed by atoms with Gasteiger partial charge in [-0.15, -0.1) is 0 Å². The second kappa shape index (κ2) is 22.1. The van der Waals surface area contributed by atoms with E-state index < -0.39 is 84.7 Å². The molecule has 0 radical (unpaired) electrons. The number of carbonyl (C=O) groups excluding carboxylic acids is 3. The number of urea groups is 1. The van der Waals surface area contributed by atoms with E-state index in [1.165, 1.54) is 31.4 Å².